The number of carbonyl (C=O) groups is 2. The number of Topliss-reactive ketones (excluding diaryl/α,β-unsaturated/α-hetero) is 1. The zero-order valence-corrected chi connectivity index (χ0v) is 19.9. The first-order chi connectivity index (χ1) is 15.2. The molecule has 1 aromatic carbocycles. The largest absolute Gasteiger partial charge is 0.358 e. The normalized spacial score (nSPS) is 13.1. The summed E-state index contributed by atoms with van der Waals surface area (Å²) in [6.07, 6.45) is 10.9. The topological polar surface area (TPSA) is 65.2 Å². The van der Waals surface area contributed by atoms with Crippen molar-refractivity contribution in [2.45, 2.75) is 48.0 Å². The van der Waals surface area contributed by atoms with E-state index < -0.39 is 5.82 Å². The van der Waals surface area contributed by atoms with Crippen molar-refractivity contribution in [3.05, 3.63) is 52.1 Å². The van der Waals surface area contributed by atoms with Gasteiger partial charge < -0.3 is 15.2 Å². The summed E-state index contributed by atoms with van der Waals surface area (Å²) in [4.78, 5) is 29.3. The Balaban J connectivity index is 0.000000436. The van der Waals surface area contributed by atoms with Crippen LogP contribution in [0.5, 0.6) is 0 Å². The fourth-order valence-electron chi connectivity index (χ4n) is 3.75. The van der Waals surface area contributed by atoms with Crippen LogP contribution in [0.4, 0.5) is 10.1 Å². The van der Waals surface area contributed by atoms with Gasteiger partial charge in [0.05, 0.1) is 5.57 Å². The summed E-state index contributed by atoms with van der Waals surface area (Å²) in [5, 5.41) is 2.70. The van der Waals surface area contributed by atoms with Crippen molar-refractivity contribution in [2.24, 2.45) is 0 Å². The van der Waals surface area contributed by atoms with Crippen molar-refractivity contribution < 1.29 is 14.0 Å². The number of carbonyl (C=O) groups excluding carboxylic acids is 2. The van der Waals surface area contributed by atoms with Crippen LogP contribution in [0.2, 0.25) is 0 Å². The summed E-state index contributed by atoms with van der Waals surface area (Å²) in [7, 11) is 0. The monoisotopic (exact) mass is 439 g/mol. The molecule has 0 bridgehead atoms. The van der Waals surface area contributed by atoms with E-state index >= 15 is 0 Å². The highest BCUT2D eigenvalue weighted by Crippen LogP contribution is 2.34. The molecule has 0 spiro atoms. The quantitative estimate of drug-likeness (QED) is 0.357. The standard InChI is InChI=1S/C17H15FN2O2.C7H17N.C2H2/c1-8-15(19-9(2)16(8)10(3)21)7-13-12-6-11(18)4-5-14(12)20-17(13)22;1-4-7-8(5-2)6-3;1-2/h4-7,19H,1-3H3,(H,20,22);4-7H2,1-3H3;1-2H/b13-7-;;. The molecule has 5 nitrogen and oxygen atoms in total. The average Bonchev–Trinajstić information content (AvgIpc) is 3.23. The van der Waals surface area contributed by atoms with Crippen molar-refractivity contribution in [3.8, 4) is 12.8 Å². The summed E-state index contributed by atoms with van der Waals surface area (Å²) in [5.41, 5.74) is 4.36. The van der Waals surface area contributed by atoms with Crippen molar-refractivity contribution in [2.75, 3.05) is 25.0 Å². The van der Waals surface area contributed by atoms with E-state index in [2.05, 4.69) is 48.8 Å². The van der Waals surface area contributed by atoms with Crippen LogP contribution in [0, 0.1) is 32.5 Å². The fourth-order valence-corrected chi connectivity index (χ4v) is 3.75. The molecule has 6 heteroatoms. The molecule has 0 radical (unpaired) electrons. The number of aryl methyl sites for hydroxylation is 1. The molecule has 2 N–H and O–H groups in total. The molecule has 0 saturated carbocycles. The van der Waals surface area contributed by atoms with Gasteiger partial charge in [-0.15, -0.1) is 12.8 Å². The zero-order chi connectivity index (χ0) is 24.4. The lowest BCUT2D eigenvalue weighted by Crippen LogP contribution is -2.23. The Labute approximate surface area is 191 Å². The van der Waals surface area contributed by atoms with E-state index in [0.29, 0.717) is 28.1 Å². The molecule has 172 valence electrons. The number of hydrogen-bond donors (Lipinski definition) is 2. The highest BCUT2D eigenvalue weighted by molar-refractivity contribution is 6.34. The SMILES string of the molecule is C#C.CC(=O)c1c(C)[nH]c(/C=C2\C(=O)Nc3ccc(F)cc32)c1C.CCCN(CC)CC. The van der Waals surface area contributed by atoms with Crippen molar-refractivity contribution in [1.29, 1.82) is 0 Å². The lowest BCUT2D eigenvalue weighted by atomic mass is 10.0. The van der Waals surface area contributed by atoms with Crippen LogP contribution in [0.25, 0.3) is 11.6 Å². The van der Waals surface area contributed by atoms with Crippen molar-refractivity contribution in [1.82, 2.24) is 9.88 Å². The number of nitrogens with one attached hydrogen (secondary N) is 2. The summed E-state index contributed by atoms with van der Waals surface area (Å²) < 4.78 is 13.4. The predicted molar refractivity (Wildman–Crippen MR) is 131 cm³/mol. The number of aromatic amines is 1. The van der Waals surface area contributed by atoms with Crippen LogP contribution in [0.3, 0.4) is 0 Å². The molecule has 1 amide bonds. The Morgan fingerprint density at radius 1 is 1.16 bits per heavy atom. The number of anilines is 1. The number of benzene rings is 1. The van der Waals surface area contributed by atoms with E-state index in [-0.39, 0.29) is 11.7 Å². The molecular formula is C26H34FN3O2. The van der Waals surface area contributed by atoms with Crippen LogP contribution in [0.15, 0.2) is 18.2 Å². The first kappa shape index (κ1) is 26.9. The van der Waals surface area contributed by atoms with E-state index in [1.807, 2.05) is 13.8 Å². The molecule has 2 heterocycles. The predicted octanol–water partition coefficient (Wildman–Crippen LogP) is 5.45. The van der Waals surface area contributed by atoms with Gasteiger partial charge in [0.1, 0.15) is 5.82 Å². The minimum atomic E-state index is -0.398. The van der Waals surface area contributed by atoms with Gasteiger partial charge in [-0.25, -0.2) is 4.39 Å². The molecule has 32 heavy (non-hydrogen) atoms. The second kappa shape index (κ2) is 12.6. The Hall–Kier alpha value is -3.17. The van der Waals surface area contributed by atoms with Gasteiger partial charge >= 0.3 is 0 Å². The molecule has 0 unspecified atom stereocenters. The molecule has 0 aliphatic carbocycles. The molecule has 0 fully saturated rings. The Kier molecular flexibility index (Phi) is 10.6. The second-order valence-electron chi connectivity index (χ2n) is 7.45. The maximum atomic E-state index is 13.4. The Bertz CT molecular complexity index is 998. The van der Waals surface area contributed by atoms with E-state index in [1.54, 1.807) is 6.08 Å². The number of ketones is 1. The van der Waals surface area contributed by atoms with Gasteiger partial charge in [-0.3, -0.25) is 9.59 Å². The average molecular weight is 440 g/mol. The molecular weight excluding hydrogens is 405 g/mol. The summed E-state index contributed by atoms with van der Waals surface area (Å²) >= 11 is 0. The van der Waals surface area contributed by atoms with Crippen LogP contribution in [0.1, 0.15) is 67.0 Å². The van der Waals surface area contributed by atoms with Crippen LogP contribution >= 0.6 is 0 Å². The van der Waals surface area contributed by atoms with Gasteiger partial charge in [-0.05, 0) is 76.7 Å². The Morgan fingerprint density at radius 2 is 1.78 bits per heavy atom. The fraction of sp³-hybridized carbons (Fsp3) is 0.385. The number of nitrogens with zero attached hydrogens (tertiary/aromatic N) is 1. The van der Waals surface area contributed by atoms with Crippen LogP contribution in [-0.4, -0.2) is 41.2 Å². The molecule has 0 atom stereocenters. The van der Waals surface area contributed by atoms with Gasteiger partial charge in [0, 0.05) is 28.2 Å². The summed E-state index contributed by atoms with van der Waals surface area (Å²) in [5.74, 6) is -0.709. The smallest absolute Gasteiger partial charge is 0.256 e. The number of aromatic nitrogens is 1. The van der Waals surface area contributed by atoms with Gasteiger partial charge in [0.2, 0.25) is 0 Å². The van der Waals surface area contributed by atoms with Gasteiger partial charge in [-0.2, -0.15) is 0 Å². The highest BCUT2D eigenvalue weighted by atomic mass is 19.1. The Morgan fingerprint density at radius 3 is 2.25 bits per heavy atom. The number of H-pyrrole nitrogens is 1. The summed E-state index contributed by atoms with van der Waals surface area (Å²) in [6.45, 7) is 15.4. The number of fused-ring (bicyclic) bond motifs is 1. The van der Waals surface area contributed by atoms with Crippen LogP contribution in [-0.2, 0) is 4.79 Å². The highest BCUT2D eigenvalue weighted by Gasteiger charge is 2.25. The first-order valence-corrected chi connectivity index (χ1v) is 10.8. The number of halogens is 1. The minimum absolute atomic E-state index is 0.0294. The zero-order valence-electron chi connectivity index (χ0n) is 19.9. The van der Waals surface area contributed by atoms with Gasteiger partial charge in [-0.1, -0.05) is 20.8 Å². The summed E-state index contributed by atoms with van der Waals surface area (Å²) in [6, 6.07) is 4.17. The number of terminal acetylenes is 1. The van der Waals surface area contributed by atoms with E-state index in [1.165, 1.54) is 51.2 Å². The molecule has 2 aromatic rings. The maximum absolute atomic E-state index is 13.4. The van der Waals surface area contributed by atoms with Crippen LogP contribution < -0.4 is 5.32 Å². The number of rotatable bonds is 6. The first-order valence-electron chi connectivity index (χ1n) is 10.8. The minimum Gasteiger partial charge on any atom is -0.358 e. The van der Waals surface area contributed by atoms with E-state index in [4.69, 9.17) is 0 Å². The molecule has 1 aliphatic heterocycles. The second-order valence-corrected chi connectivity index (χ2v) is 7.45. The molecule has 1 aliphatic rings. The van der Waals surface area contributed by atoms with Crippen molar-refractivity contribution >= 4 is 29.0 Å². The number of hydrogen-bond acceptors (Lipinski definition) is 3. The third-order valence-corrected chi connectivity index (χ3v) is 5.32. The number of amides is 1. The third kappa shape index (κ3) is 6.41. The molecule has 3 rings (SSSR count). The maximum Gasteiger partial charge on any atom is 0.256 e. The van der Waals surface area contributed by atoms with E-state index in [9.17, 15) is 14.0 Å². The lowest BCUT2D eigenvalue weighted by molar-refractivity contribution is -0.110. The third-order valence-electron chi connectivity index (χ3n) is 5.32. The lowest BCUT2D eigenvalue weighted by Gasteiger charge is -2.15. The van der Waals surface area contributed by atoms with Crippen molar-refractivity contribution in [3.63, 3.8) is 0 Å². The molecule has 0 saturated heterocycles. The van der Waals surface area contributed by atoms with Gasteiger partial charge in [0.15, 0.2) is 5.78 Å². The van der Waals surface area contributed by atoms with E-state index in [0.717, 1.165) is 11.3 Å². The molecule has 1 aromatic heterocycles. The van der Waals surface area contributed by atoms with Gasteiger partial charge in [0.25, 0.3) is 5.91 Å².